The summed E-state index contributed by atoms with van der Waals surface area (Å²) in [7, 11) is 0. The first-order valence-corrected chi connectivity index (χ1v) is 7.04. The van der Waals surface area contributed by atoms with Crippen molar-refractivity contribution in [2.75, 3.05) is 16.8 Å². The van der Waals surface area contributed by atoms with Crippen molar-refractivity contribution in [2.45, 2.75) is 6.92 Å². The van der Waals surface area contributed by atoms with Crippen LogP contribution in [0.1, 0.15) is 6.92 Å². The maximum Gasteiger partial charge on any atom is 0.244 e. The lowest BCUT2D eigenvalue weighted by atomic mass is 10.2. The van der Waals surface area contributed by atoms with Gasteiger partial charge in [-0.2, -0.15) is 0 Å². The summed E-state index contributed by atoms with van der Waals surface area (Å²) in [6, 6.07) is 9.61. The lowest BCUT2D eigenvalue weighted by Gasteiger charge is -2.21. The number of halogens is 3. The highest BCUT2D eigenvalue weighted by molar-refractivity contribution is 6.31. The van der Waals surface area contributed by atoms with E-state index in [-0.39, 0.29) is 0 Å². The lowest BCUT2D eigenvalue weighted by Crippen LogP contribution is -2.37. The minimum Gasteiger partial charge on any atom is -0.320 e. The van der Waals surface area contributed by atoms with E-state index in [0.717, 1.165) is 17.0 Å². The molecule has 2 rings (SSSR count). The number of hydrogen-bond acceptors (Lipinski definition) is 2. The topological polar surface area (TPSA) is 49.4 Å². The minimum absolute atomic E-state index is 0.398. The molecule has 0 saturated carbocycles. The SMILES string of the molecule is CC(=O)N(CC(=O)Nc1c(F)cccc1F)c1cccc(Cl)c1. The molecule has 0 aromatic heterocycles. The number of nitrogens with zero attached hydrogens (tertiary/aromatic N) is 1. The summed E-state index contributed by atoms with van der Waals surface area (Å²) in [4.78, 5) is 24.9. The smallest absolute Gasteiger partial charge is 0.244 e. The highest BCUT2D eigenvalue weighted by atomic mass is 35.5. The zero-order valence-electron chi connectivity index (χ0n) is 12.1. The summed E-state index contributed by atoms with van der Waals surface area (Å²) < 4.78 is 27.1. The number of hydrogen-bond donors (Lipinski definition) is 1. The van der Waals surface area contributed by atoms with Crippen LogP contribution in [-0.4, -0.2) is 18.4 Å². The van der Waals surface area contributed by atoms with Gasteiger partial charge in [0.15, 0.2) is 0 Å². The Morgan fingerprint density at radius 1 is 1.13 bits per heavy atom. The molecule has 4 nitrogen and oxygen atoms in total. The Kier molecular flexibility index (Phi) is 5.28. The molecule has 0 saturated heterocycles. The lowest BCUT2D eigenvalue weighted by molar-refractivity contribution is -0.120. The van der Waals surface area contributed by atoms with Crippen molar-refractivity contribution < 1.29 is 18.4 Å². The molecule has 0 bridgehead atoms. The number of carbonyl (C=O) groups is 2. The molecule has 2 aromatic rings. The van der Waals surface area contributed by atoms with Gasteiger partial charge in [-0.05, 0) is 30.3 Å². The minimum atomic E-state index is -0.893. The molecule has 0 aliphatic carbocycles. The van der Waals surface area contributed by atoms with Gasteiger partial charge in [-0.15, -0.1) is 0 Å². The van der Waals surface area contributed by atoms with E-state index in [9.17, 15) is 18.4 Å². The molecular formula is C16H13ClF2N2O2. The van der Waals surface area contributed by atoms with Gasteiger partial charge in [0.1, 0.15) is 23.9 Å². The molecule has 2 aromatic carbocycles. The molecule has 0 fully saturated rings. The Bertz CT molecular complexity index is 732. The van der Waals surface area contributed by atoms with Crippen LogP contribution >= 0.6 is 11.6 Å². The fourth-order valence-electron chi connectivity index (χ4n) is 1.97. The quantitative estimate of drug-likeness (QED) is 0.925. The molecule has 1 N–H and O–H groups in total. The van der Waals surface area contributed by atoms with Crippen molar-refractivity contribution in [1.29, 1.82) is 0 Å². The standard InChI is InChI=1S/C16H13ClF2N2O2/c1-10(22)21(12-5-2-4-11(17)8-12)9-15(23)20-16-13(18)6-3-7-14(16)19/h2-8H,9H2,1H3,(H,20,23). The third-order valence-electron chi connectivity index (χ3n) is 3.03. The van der Waals surface area contributed by atoms with Gasteiger partial charge in [0.05, 0.1) is 0 Å². The summed E-state index contributed by atoms with van der Waals surface area (Å²) in [6.45, 7) is 0.876. The number of para-hydroxylation sites is 1. The number of carbonyl (C=O) groups excluding carboxylic acids is 2. The molecule has 0 spiro atoms. The van der Waals surface area contributed by atoms with Gasteiger partial charge in [-0.25, -0.2) is 8.78 Å². The largest absolute Gasteiger partial charge is 0.320 e. The molecule has 7 heteroatoms. The van der Waals surface area contributed by atoms with E-state index < -0.39 is 35.7 Å². The van der Waals surface area contributed by atoms with Crippen LogP contribution in [0.5, 0.6) is 0 Å². The van der Waals surface area contributed by atoms with Crippen LogP contribution in [-0.2, 0) is 9.59 Å². The summed E-state index contributed by atoms with van der Waals surface area (Å²) >= 11 is 5.86. The first kappa shape index (κ1) is 16.9. The second-order valence-electron chi connectivity index (χ2n) is 4.73. The molecule has 23 heavy (non-hydrogen) atoms. The van der Waals surface area contributed by atoms with Gasteiger partial charge >= 0.3 is 0 Å². The van der Waals surface area contributed by atoms with Crippen LogP contribution in [0.3, 0.4) is 0 Å². The van der Waals surface area contributed by atoms with Crippen LogP contribution in [0.25, 0.3) is 0 Å². The van der Waals surface area contributed by atoms with Crippen molar-refractivity contribution in [3.05, 3.63) is 59.1 Å². The van der Waals surface area contributed by atoms with Crippen LogP contribution in [0.2, 0.25) is 5.02 Å². The van der Waals surface area contributed by atoms with Gasteiger partial charge in [-0.3, -0.25) is 9.59 Å². The Balaban J connectivity index is 2.18. The van der Waals surface area contributed by atoms with E-state index in [0.29, 0.717) is 10.7 Å². The molecule has 0 radical (unpaired) electrons. The van der Waals surface area contributed by atoms with Crippen LogP contribution < -0.4 is 10.2 Å². The molecule has 0 unspecified atom stereocenters. The second-order valence-corrected chi connectivity index (χ2v) is 5.17. The van der Waals surface area contributed by atoms with Crippen LogP contribution in [0.4, 0.5) is 20.2 Å². The number of nitrogens with one attached hydrogen (secondary N) is 1. The Labute approximate surface area is 136 Å². The number of amides is 2. The third kappa shape index (κ3) is 4.26. The van der Waals surface area contributed by atoms with Crippen LogP contribution in [0, 0.1) is 11.6 Å². The van der Waals surface area contributed by atoms with E-state index in [1.165, 1.54) is 19.1 Å². The van der Waals surface area contributed by atoms with Gasteiger partial charge < -0.3 is 10.2 Å². The molecule has 0 aliphatic rings. The van der Waals surface area contributed by atoms with Crippen molar-refractivity contribution in [3.63, 3.8) is 0 Å². The van der Waals surface area contributed by atoms with Crippen molar-refractivity contribution in [2.24, 2.45) is 0 Å². The van der Waals surface area contributed by atoms with Crippen molar-refractivity contribution >= 4 is 34.8 Å². The highest BCUT2D eigenvalue weighted by Crippen LogP contribution is 2.21. The van der Waals surface area contributed by atoms with E-state index in [4.69, 9.17) is 11.6 Å². The summed E-state index contributed by atoms with van der Waals surface area (Å²) in [5, 5.41) is 2.53. The zero-order chi connectivity index (χ0) is 17.0. The third-order valence-corrected chi connectivity index (χ3v) is 3.26. The molecule has 120 valence electrons. The molecule has 0 heterocycles. The first-order chi connectivity index (χ1) is 10.9. The van der Waals surface area contributed by atoms with Crippen molar-refractivity contribution in [3.8, 4) is 0 Å². The maximum atomic E-state index is 13.5. The van der Waals surface area contributed by atoms with E-state index in [1.54, 1.807) is 18.2 Å². The van der Waals surface area contributed by atoms with Gasteiger partial charge in [-0.1, -0.05) is 23.7 Å². The average molecular weight is 339 g/mol. The predicted molar refractivity (Wildman–Crippen MR) is 84.5 cm³/mol. The second kappa shape index (κ2) is 7.19. The molecule has 2 amide bonds. The number of rotatable bonds is 4. The van der Waals surface area contributed by atoms with Crippen LogP contribution in [0.15, 0.2) is 42.5 Å². The average Bonchev–Trinajstić information content (AvgIpc) is 2.48. The fourth-order valence-corrected chi connectivity index (χ4v) is 2.15. The number of anilines is 2. The van der Waals surface area contributed by atoms with Crippen molar-refractivity contribution in [1.82, 2.24) is 0 Å². The van der Waals surface area contributed by atoms with E-state index in [1.807, 2.05) is 0 Å². The fraction of sp³-hybridized carbons (Fsp3) is 0.125. The molecular weight excluding hydrogens is 326 g/mol. The zero-order valence-corrected chi connectivity index (χ0v) is 12.9. The van der Waals surface area contributed by atoms with Gasteiger partial charge in [0.2, 0.25) is 11.8 Å². The maximum absolute atomic E-state index is 13.5. The summed E-state index contributed by atoms with van der Waals surface area (Å²) in [5.74, 6) is -2.92. The molecule has 0 atom stereocenters. The van der Waals surface area contributed by atoms with Gasteiger partial charge in [0.25, 0.3) is 0 Å². The summed E-state index contributed by atoms with van der Waals surface area (Å²) in [5.41, 5.74) is -0.138. The Morgan fingerprint density at radius 2 is 1.74 bits per heavy atom. The first-order valence-electron chi connectivity index (χ1n) is 6.66. The monoisotopic (exact) mass is 338 g/mol. The number of benzene rings is 2. The highest BCUT2D eigenvalue weighted by Gasteiger charge is 2.18. The Morgan fingerprint density at radius 3 is 2.30 bits per heavy atom. The summed E-state index contributed by atoms with van der Waals surface area (Å²) in [6.07, 6.45) is 0. The van der Waals surface area contributed by atoms with E-state index >= 15 is 0 Å². The predicted octanol–water partition coefficient (Wildman–Crippen LogP) is 3.61. The van der Waals surface area contributed by atoms with E-state index in [2.05, 4.69) is 5.32 Å². The normalized spacial score (nSPS) is 10.3. The Hall–Kier alpha value is -2.47. The molecule has 0 aliphatic heterocycles. The van der Waals surface area contributed by atoms with Gasteiger partial charge in [0, 0.05) is 17.6 Å².